The van der Waals surface area contributed by atoms with Gasteiger partial charge in [-0.15, -0.1) is 0 Å². The standard InChI is InChI=1S/C6H8O5/c1-3(5(8)9)2-4(7)6(10)11/h3H,2H2,1H3,(H,8,9)(H,10,11)/p-2. The predicted octanol–water partition coefficient (Wildman–Crippen LogP) is -2.92. The molecule has 0 aromatic carbocycles. The van der Waals surface area contributed by atoms with Crippen molar-refractivity contribution in [2.45, 2.75) is 13.3 Å². The van der Waals surface area contributed by atoms with E-state index in [0.717, 1.165) is 0 Å². The van der Waals surface area contributed by atoms with Gasteiger partial charge in [0.25, 0.3) is 0 Å². The van der Waals surface area contributed by atoms with E-state index in [-0.39, 0.29) is 0 Å². The zero-order valence-electron chi connectivity index (χ0n) is 5.83. The molecular formula is C6H6O5-2. The lowest BCUT2D eigenvalue weighted by Gasteiger charge is -2.10. The average Bonchev–Trinajstić information content (AvgIpc) is 1.87. The molecule has 0 amide bonds. The van der Waals surface area contributed by atoms with Crippen molar-refractivity contribution in [3.8, 4) is 0 Å². The molecule has 0 aliphatic rings. The van der Waals surface area contributed by atoms with Gasteiger partial charge in [-0.05, 0) is 0 Å². The van der Waals surface area contributed by atoms with Crippen LogP contribution in [0.25, 0.3) is 0 Å². The Morgan fingerprint density at radius 2 is 1.73 bits per heavy atom. The summed E-state index contributed by atoms with van der Waals surface area (Å²) in [6.45, 7) is 1.19. The first-order chi connectivity index (χ1) is 4.95. The van der Waals surface area contributed by atoms with Crippen LogP contribution in [0.1, 0.15) is 13.3 Å². The fraction of sp³-hybridized carbons (Fsp3) is 0.500. The molecule has 11 heavy (non-hydrogen) atoms. The highest BCUT2D eigenvalue weighted by Crippen LogP contribution is 1.99. The molecule has 0 bridgehead atoms. The summed E-state index contributed by atoms with van der Waals surface area (Å²) < 4.78 is 0. The number of rotatable bonds is 4. The maximum Gasteiger partial charge on any atom is 0.178 e. The van der Waals surface area contributed by atoms with Gasteiger partial charge < -0.3 is 19.8 Å². The molecule has 0 saturated heterocycles. The van der Waals surface area contributed by atoms with Crippen molar-refractivity contribution in [1.82, 2.24) is 0 Å². The fourth-order valence-electron chi connectivity index (χ4n) is 0.445. The molecule has 62 valence electrons. The zero-order chi connectivity index (χ0) is 9.02. The van der Waals surface area contributed by atoms with Gasteiger partial charge in [-0.3, -0.25) is 4.79 Å². The molecule has 0 aromatic heterocycles. The molecule has 0 N–H and O–H groups in total. The molecule has 0 rings (SSSR count). The Morgan fingerprint density at radius 3 is 2.00 bits per heavy atom. The van der Waals surface area contributed by atoms with Gasteiger partial charge in [0.05, 0.1) is 0 Å². The Hall–Kier alpha value is -1.39. The monoisotopic (exact) mass is 158 g/mol. The summed E-state index contributed by atoms with van der Waals surface area (Å²) in [4.78, 5) is 30.1. The first kappa shape index (κ1) is 9.61. The minimum Gasteiger partial charge on any atom is -0.550 e. The summed E-state index contributed by atoms with van der Waals surface area (Å²) >= 11 is 0. The molecular weight excluding hydrogens is 152 g/mol. The number of carbonyl (C=O) groups is 3. The van der Waals surface area contributed by atoms with Crippen molar-refractivity contribution in [2.24, 2.45) is 5.92 Å². The zero-order valence-corrected chi connectivity index (χ0v) is 5.83. The number of Topliss-reactive ketones (excluding diaryl/α,β-unsaturated/α-hetero) is 1. The fourth-order valence-corrected chi connectivity index (χ4v) is 0.445. The lowest BCUT2D eigenvalue weighted by Crippen LogP contribution is -2.36. The first-order valence-corrected chi connectivity index (χ1v) is 2.90. The number of hydrogen-bond donors (Lipinski definition) is 0. The summed E-state index contributed by atoms with van der Waals surface area (Å²) in [6.07, 6.45) is -0.579. The van der Waals surface area contributed by atoms with Gasteiger partial charge in [0.1, 0.15) is 5.97 Å². The second-order valence-electron chi connectivity index (χ2n) is 2.13. The molecule has 0 aromatic rings. The van der Waals surface area contributed by atoms with Crippen molar-refractivity contribution in [1.29, 1.82) is 0 Å². The Bertz CT molecular complexity index is 195. The van der Waals surface area contributed by atoms with E-state index in [0.29, 0.717) is 0 Å². The summed E-state index contributed by atoms with van der Waals surface area (Å²) in [5.41, 5.74) is 0. The van der Waals surface area contributed by atoms with Crippen LogP contribution < -0.4 is 10.2 Å². The first-order valence-electron chi connectivity index (χ1n) is 2.90. The highest BCUT2D eigenvalue weighted by atomic mass is 16.4. The van der Waals surface area contributed by atoms with Crippen LogP contribution in [-0.2, 0) is 14.4 Å². The summed E-state index contributed by atoms with van der Waals surface area (Å²) in [7, 11) is 0. The van der Waals surface area contributed by atoms with E-state index >= 15 is 0 Å². The van der Waals surface area contributed by atoms with Gasteiger partial charge >= 0.3 is 0 Å². The molecule has 0 aliphatic carbocycles. The van der Waals surface area contributed by atoms with E-state index in [1.807, 2.05) is 0 Å². The van der Waals surface area contributed by atoms with E-state index in [4.69, 9.17) is 0 Å². The van der Waals surface area contributed by atoms with Crippen molar-refractivity contribution >= 4 is 17.7 Å². The second kappa shape index (κ2) is 3.70. The smallest absolute Gasteiger partial charge is 0.178 e. The van der Waals surface area contributed by atoms with E-state index in [1.54, 1.807) is 0 Å². The van der Waals surface area contributed by atoms with Gasteiger partial charge in [0, 0.05) is 18.3 Å². The maximum atomic E-state index is 10.3. The Kier molecular flexibility index (Phi) is 3.23. The molecule has 0 saturated carbocycles. The average molecular weight is 158 g/mol. The number of ketones is 1. The van der Waals surface area contributed by atoms with Crippen LogP contribution in [0, 0.1) is 5.92 Å². The molecule has 0 spiro atoms. The van der Waals surface area contributed by atoms with Gasteiger partial charge in [-0.2, -0.15) is 0 Å². The Balaban J connectivity index is 3.95. The van der Waals surface area contributed by atoms with E-state index < -0.39 is 30.1 Å². The molecule has 0 fully saturated rings. The third-order valence-corrected chi connectivity index (χ3v) is 1.12. The second-order valence-corrected chi connectivity index (χ2v) is 2.13. The SMILES string of the molecule is CC(CC(=O)C(=O)[O-])C(=O)[O-]. The maximum absolute atomic E-state index is 10.3. The van der Waals surface area contributed by atoms with Gasteiger partial charge in [0.15, 0.2) is 5.78 Å². The van der Waals surface area contributed by atoms with Crippen LogP contribution in [0.15, 0.2) is 0 Å². The third-order valence-electron chi connectivity index (χ3n) is 1.12. The molecule has 0 radical (unpaired) electrons. The molecule has 5 heteroatoms. The molecule has 0 heterocycles. The molecule has 1 unspecified atom stereocenters. The number of hydrogen-bond acceptors (Lipinski definition) is 5. The summed E-state index contributed by atoms with van der Waals surface area (Å²) in [5.74, 6) is -5.61. The number of carboxylic acid groups (broad SMARTS) is 2. The van der Waals surface area contributed by atoms with Gasteiger partial charge in [0.2, 0.25) is 0 Å². The highest BCUT2D eigenvalue weighted by molar-refractivity contribution is 6.31. The van der Waals surface area contributed by atoms with Crippen molar-refractivity contribution in [2.75, 3.05) is 0 Å². The lowest BCUT2D eigenvalue weighted by atomic mass is 10.1. The molecule has 1 atom stereocenters. The van der Waals surface area contributed by atoms with Crippen LogP contribution in [0.2, 0.25) is 0 Å². The van der Waals surface area contributed by atoms with E-state index in [1.165, 1.54) is 6.92 Å². The summed E-state index contributed by atoms with van der Waals surface area (Å²) in [5, 5.41) is 19.8. The van der Waals surface area contributed by atoms with Gasteiger partial charge in [-0.25, -0.2) is 0 Å². The van der Waals surface area contributed by atoms with Gasteiger partial charge in [-0.1, -0.05) is 6.92 Å². The van der Waals surface area contributed by atoms with Crippen LogP contribution in [0.4, 0.5) is 0 Å². The van der Waals surface area contributed by atoms with Crippen LogP contribution in [0.3, 0.4) is 0 Å². The topological polar surface area (TPSA) is 97.3 Å². The summed E-state index contributed by atoms with van der Waals surface area (Å²) in [6, 6.07) is 0. The third kappa shape index (κ3) is 3.34. The number of carboxylic acids is 2. The normalized spacial score (nSPS) is 12.1. The predicted molar refractivity (Wildman–Crippen MR) is 28.8 cm³/mol. The number of carbonyl (C=O) groups excluding carboxylic acids is 3. The van der Waals surface area contributed by atoms with Crippen LogP contribution in [-0.4, -0.2) is 17.7 Å². The minimum absolute atomic E-state index is 0.579. The Morgan fingerprint density at radius 1 is 1.27 bits per heavy atom. The highest BCUT2D eigenvalue weighted by Gasteiger charge is 2.09. The largest absolute Gasteiger partial charge is 0.550 e. The van der Waals surface area contributed by atoms with Crippen molar-refractivity contribution in [3.05, 3.63) is 0 Å². The number of aliphatic carboxylic acids is 2. The Labute approximate surface area is 62.6 Å². The van der Waals surface area contributed by atoms with Crippen LogP contribution in [0.5, 0.6) is 0 Å². The lowest BCUT2D eigenvalue weighted by molar-refractivity contribution is -0.311. The van der Waals surface area contributed by atoms with Crippen molar-refractivity contribution in [3.63, 3.8) is 0 Å². The molecule has 5 nitrogen and oxygen atoms in total. The minimum atomic E-state index is -1.86. The van der Waals surface area contributed by atoms with E-state index in [2.05, 4.69) is 0 Å². The van der Waals surface area contributed by atoms with E-state index in [9.17, 15) is 24.6 Å². The quantitative estimate of drug-likeness (QED) is 0.408. The van der Waals surface area contributed by atoms with Crippen LogP contribution >= 0.6 is 0 Å². The molecule has 0 aliphatic heterocycles. The van der Waals surface area contributed by atoms with Crippen molar-refractivity contribution < 1.29 is 24.6 Å².